The molecule has 0 unspecified atom stereocenters. The highest BCUT2D eigenvalue weighted by molar-refractivity contribution is 6.62. The van der Waals surface area contributed by atoms with E-state index in [0.717, 1.165) is 11.0 Å². The van der Waals surface area contributed by atoms with Gasteiger partial charge in [0.15, 0.2) is 0 Å². The van der Waals surface area contributed by atoms with Gasteiger partial charge in [-0.25, -0.2) is 4.79 Å². The Labute approximate surface area is 169 Å². The molecule has 1 aromatic carbocycles. The number of hydrogen-bond acceptors (Lipinski definition) is 5. The fourth-order valence-electron chi connectivity index (χ4n) is 2.80. The maximum atomic E-state index is 12.6. The third-order valence-corrected chi connectivity index (χ3v) is 5.07. The number of amides is 1. The van der Waals surface area contributed by atoms with Gasteiger partial charge in [-0.1, -0.05) is 24.3 Å². The molecule has 0 N–H and O–H groups in total. The molecule has 2 rings (SSSR count). The summed E-state index contributed by atoms with van der Waals surface area (Å²) in [6.07, 6.45) is -0.356. The van der Waals surface area contributed by atoms with Crippen molar-refractivity contribution in [3.05, 3.63) is 29.8 Å². The molecule has 1 saturated heterocycles. The summed E-state index contributed by atoms with van der Waals surface area (Å²) in [5.74, 6) is 0. The van der Waals surface area contributed by atoms with Crippen molar-refractivity contribution in [2.45, 2.75) is 71.8 Å². The Balaban J connectivity index is 2.16. The highest BCUT2D eigenvalue weighted by Gasteiger charge is 2.51. The zero-order valence-corrected chi connectivity index (χ0v) is 18.5. The number of methoxy groups -OCH3 is 1. The normalized spacial score (nSPS) is 18.2. The molecule has 1 heterocycles. The molecule has 1 amide bonds. The second-order valence-corrected chi connectivity index (χ2v) is 9.23. The van der Waals surface area contributed by atoms with Crippen LogP contribution in [0.3, 0.4) is 0 Å². The monoisotopic (exact) mass is 391 g/mol. The molecule has 0 saturated carbocycles. The van der Waals surface area contributed by atoms with E-state index in [-0.39, 0.29) is 6.09 Å². The Morgan fingerprint density at radius 3 is 2.29 bits per heavy atom. The molecule has 0 aliphatic carbocycles. The lowest BCUT2D eigenvalue weighted by atomic mass is 9.78. The molecule has 156 valence electrons. The van der Waals surface area contributed by atoms with E-state index in [0.29, 0.717) is 19.7 Å². The zero-order valence-electron chi connectivity index (χ0n) is 18.5. The number of carbonyl (C=O) groups excluding carboxylic acids is 1. The SMILES string of the molecule is COCCN(Cc1cccc(B2OC(C)(C)C(C)(C)O2)c1)C(=O)OC(C)(C)C. The van der Waals surface area contributed by atoms with E-state index in [4.69, 9.17) is 18.8 Å². The lowest BCUT2D eigenvalue weighted by Crippen LogP contribution is -2.41. The van der Waals surface area contributed by atoms with Gasteiger partial charge in [-0.15, -0.1) is 0 Å². The molecule has 1 aliphatic rings. The fourth-order valence-corrected chi connectivity index (χ4v) is 2.80. The van der Waals surface area contributed by atoms with Gasteiger partial charge in [0.25, 0.3) is 0 Å². The summed E-state index contributed by atoms with van der Waals surface area (Å²) in [6.45, 7) is 15.0. The Morgan fingerprint density at radius 1 is 1.14 bits per heavy atom. The minimum absolute atomic E-state index is 0.356. The molecule has 0 aromatic heterocycles. The molecule has 28 heavy (non-hydrogen) atoms. The zero-order chi connectivity index (χ0) is 21.2. The van der Waals surface area contributed by atoms with Gasteiger partial charge in [-0.2, -0.15) is 0 Å². The first-order chi connectivity index (χ1) is 12.8. The second kappa shape index (κ2) is 8.43. The summed E-state index contributed by atoms with van der Waals surface area (Å²) in [7, 11) is 1.19. The van der Waals surface area contributed by atoms with Gasteiger partial charge in [0.05, 0.1) is 17.8 Å². The summed E-state index contributed by atoms with van der Waals surface area (Å²) in [4.78, 5) is 14.2. The maximum absolute atomic E-state index is 12.6. The third kappa shape index (κ3) is 5.72. The van der Waals surface area contributed by atoms with Gasteiger partial charge < -0.3 is 23.7 Å². The van der Waals surface area contributed by atoms with Crippen LogP contribution in [0.1, 0.15) is 54.0 Å². The van der Waals surface area contributed by atoms with Crippen molar-refractivity contribution in [3.63, 3.8) is 0 Å². The molecular weight excluding hydrogens is 357 g/mol. The van der Waals surface area contributed by atoms with Crippen LogP contribution in [-0.4, -0.2) is 55.2 Å². The van der Waals surface area contributed by atoms with Crippen LogP contribution in [0.4, 0.5) is 4.79 Å². The van der Waals surface area contributed by atoms with E-state index < -0.39 is 23.9 Å². The third-order valence-electron chi connectivity index (χ3n) is 5.07. The molecule has 0 bridgehead atoms. The highest BCUT2D eigenvalue weighted by Crippen LogP contribution is 2.36. The Bertz CT molecular complexity index is 668. The number of carbonyl (C=O) groups is 1. The average molecular weight is 391 g/mol. The summed E-state index contributed by atoms with van der Waals surface area (Å²) in [5, 5.41) is 0. The topological polar surface area (TPSA) is 57.2 Å². The van der Waals surface area contributed by atoms with Gasteiger partial charge >= 0.3 is 13.2 Å². The molecular formula is C21H34BNO5. The highest BCUT2D eigenvalue weighted by atomic mass is 16.7. The lowest BCUT2D eigenvalue weighted by Gasteiger charge is -2.32. The van der Waals surface area contributed by atoms with E-state index >= 15 is 0 Å². The van der Waals surface area contributed by atoms with Crippen LogP contribution >= 0.6 is 0 Å². The second-order valence-electron chi connectivity index (χ2n) is 9.23. The first kappa shape index (κ1) is 22.7. The van der Waals surface area contributed by atoms with Crippen molar-refractivity contribution in [2.24, 2.45) is 0 Å². The fraction of sp³-hybridized carbons (Fsp3) is 0.667. The number of hydrogen-bond donors (Lipinski definition) is 0. The summed E-state index contributed by atoms with van der Waals surface area (Å²) in [5.41, 5.74) is 0.581. The van der Waals surface area contributed by atoms with Crippen molar-refractivity contribution in [2.75, 3.05) is 20.3 Å². The van der Waals surface area contributed by atoms with Crippen molar-refractivity contribution in [1.29, 1.82) is 0 Å². The maximum Gasteiger partial charge on any atom is 0.494 e. The molecule has 0 atom stereocenters. The molecule has 0 spiro atoms. The number of ether oxygens (including phenoxy) is 2. The van der Waals surface area contributed by atoms with Crippen molar-refractivity contribution in [1.82, 2.24) is 4.90 Å². The van der Waals surface area contributed by atoms with E-state index in [9.17, 15) is 4.79 Å². The van der Waals surface area contributed by atoms with Crippen LogP contribution in [-0.2, 0) is 25.3 Å². The van der Waals surface area contributed by atoms with Crippen LogP contribution in [0.5, 0.6) is 0 Å². The van der Waals surface area contributed by atoms with E-state index in [1.165, 1.54) is 0 Å². The Morgan fingerprint density at radius 2 is 1.75 bits per heavy atom. The molecule has 1 aromatic rings. The molecule has 1 aliphatic heterocycles. The summed E-state index contributed by atoms with van der Waals surface area (Å²) < 4.78 is 23.0. The van der Waals surface area contributed by atoms with Gasteiger partial charge in [-0.3, -0.25) is 0 Å². The van der Waals surface area contributed by atoms with Crippen LogP contribution < -0.4 is 5.46 Å². The number of benzene rings is 1. The first-order valence-electron chi connectivity index (χ1n) is 9.76. The minimum Gasteiger partial charge on any atom is -0.444 e. The minimum atomic E-state index is -0.549. The standard InChI is InChI=1S/C21H34BNO5/c1-19(2,3)26-18(24)23(12-13-25-8)15-16-10-9-11-17(14-16)22-27-20(4,5)21(6,7)28-22/h9-11,14H,12-13,15H2,1-8H3. The molecule has 6 nitrogen and oxygen atoms in total. The smallest absolute Gasteiger partial charge is 0.444 e. The predicted molar refractivity (Wildman–Crippen MR) is 111 cm³/mol. The van der Waals surface area contributed by atoms with Gasteiger partial charge in [0, 0.05) is 20.2 Å². The Hall–Kier alpha value is -1.57. The van der Waals surface area contributed by atoms with E-state index in [2.05, 4.69) is 0 Å². The van der Waals surface area contributed by atoms with Crippen molar-refractivity contribution >= 4 is 18.7 Å². The largest absolute Gasteiger partial charge is 0.494 e. The average Bonchev–Trinajstić information content (AvgIpc) is 2.78. The van der Waals surface area contributed by atoms with E-state index in [1.54, 1.807) is 12.0 Å². The number of rotatable bonds is 6. The van der Waals surface area contributed by atoms with E-state index in [1.807, 2.05) is 72.7 Å². The van der Waals surface area contributed by atoms with Gasteiger partial charge in [-0.05, 0) is 59.5 Å². The number of nitrogens with zero attached hydrogens (tertiary/aromatic N) is 1. The first-order valence-corrected chi connectivity index (χ1v) is 9.76. The lowest BCUT2D eigenvalue weighted by molar-refractivity contribution is 0.00578. The molecule has 0 radical (unpaired) electrons. The van der Waals surface area contributed by atoms with Crippen LogP contribution in [0, 0.1) is 0 Å². The Kier molecular flexibility index (Phi) is 6.84. The molecule has 1 fully saturated rings. The van der Waals surface area contributed by atoms with Crippen LogP contribution in [0.15, 0.2) is 24.3 Å². The summed E-state index contributed by atoms with van der Waals surface area (Å²) in [6, 6.07) is 7.95. The molecule has 7 heteroatoms. The van der Waals surface area contributed by atoms with Crippen LogP contribution in [0.2, 0.25) is 0 Å². The predicted octanol–water partition coefficient (Wildman–Crippen LogP) is 3.37. The van der Waals surface area contributed by atoms with Crippen molar-refractivity contribution < 1.29 is 23.6 Å². The van der Waals surface area contributed by atoms with Crippen LogP contribution in [0.25, 0.3) is 0 Å². The van der Waals surface area contributed by atoms with Gasteiger partial charge in [0.1, 0.15) is 5.60 Å². The van der Waals surface area contributed by atoms with Crippen molar-refractivity contribution in [3.8, 4) is 0 Å². The summed E-state index contributed by atoms with van der Waals surface area (Å²) >= 11 is 0. The quantitative estimate of drug-likeness (QED) is 0.696. The van der Waals surface area contributed by atoms with Gasteiger partial charge in [0.2, 0.25) is 0 Å².